The maximum Gasteiger partial charge on any atom is 0.146 e. The second-order valence-electron chi connectivity index (χ2n) is 5.87. The van der Waals surface area contributed by atoms with Gasteiger partial charge in [0.05, 0.1) is 0 Å². The van der Waals surface area contributed by atoms with Crippen LogP contribution in [0.15, 0.2) is 18.2 Å². The molecule has 0 fully saturated rings. The molecule has 1 aromatic carbocycles. The van der Waals surface area contributed by atoms with Crippen LogP contribution in [0.2, 0.25) is 16.6 Å². The molecule has 0 bridgehead atoms. The topological polar surface area (TPSA) is 0 Å². The summed E-state index contributed by atoms with van der Waals surface area (Å²) in [4.78, 5) is 0. The lowest BCUT2D eigenvalue weighted by Gasteiger charge is -2.38. The SMILES string of the molecule is CC(C)[Si](C#Cc1cc#ccc1)(C(C)C)C(C)C. The minimum atomic E-state index is -1.60. The molecule has 0 N–H and O–H groups in total. The van der Waals surface area contributed by atoms with E-state index in [0.717, 1.165) is 5.56 Å². The highest BCUT2D eigenvalue weighted by Gasteiger charge is 2.41. The van der Waals surface area contributed by atoms with Crippen molar-refractivity contribution in [3.05, 3.63) is 35.9 Å². The van der Waals surface area contributed by atoms with E-state index in [0.29, 0.717) is 16.6 Å². The molecule has 0 amide bonds. The van der Waals surface area contributed by atoms with Gasteiger partial charge in [-0.2, -0.15) is 0 Å². The highest BCUT2D eigenvalue weighted by Crippen LogP contribution is 2.40. The fraction of sp³-hybridized carbons (Fsp3) is 0.529. The molecule has 96 valence electrons. The summed E-state index contributed by atoms with van der Waals surface area (Å²) >= 11 is 0. The third-order valence-electron chi connectivity index (χ3n) is 3.95. The molecule has 0 aliphatic carbocycles. The summed E-state index contributed by atoms with van der Waals surface area (Å²) in [6.45, 7) is 14.0. The van der Waals surface area contributed by atoms with Crippen molar-refractivity contribution in [1.82, 2.24) is 0 Å². The lowest BCUT2D eigenvalue weighted by atomic mass is 10.3. The van der Waals surface area contributed by atoms with Gasteiger partial charge in [-0.1, -0.05) is 59.6 Å². The van der Waals surface area contributed by atoms with Gasteiger partial charge < -0.3 is 0 Å². The fourth-order valence-electron chi connectivity index (χ4n) is 3.04. The van der Waals surface area contributed by atoms with Crippen molar-refractivity contribution >= 4 is 8.07 Å². The molecule has 0 aromatic heterocycles. The Hall–Kier alpha value is -1.18. The van der Waals surface area contributed by atoms with Crippen LogP contribution < -0.4 is 0 Å². The van der Waals surface area contributed by atoms with E-state index in [1.54, 1.807) is 0 Å². The molecular weight excluding hydrogens is 232 g/mol. The van der Waals surface area contributed by atoms with Crippen LogP contribution in [0.4, 0.5) is 0 Å². The summed E-state index contributed by atoms with van der Waals surface area (Å²) < 4.78 is 0. The molecule has 0 saturated heterocycles. The minimum absolute atomic E-state index is 0.684. The van der Waals surface area contributed by atoms with Crippen molar-refractivity contribution in [2.24, 2.45) is 0 Å². The summed E-state index contributed by atoms with van der Waals surface area (Å²) in [6.07, 6.45) is 0. The van der Waals surface area contributed by atoms with Crippen molar-refractivity contribution in [3.63, 3.8) is 0 Å². The van der Waals surface area contributed by atoms with Gasteiger partial charge in [-0.05, 0) is 28.8 Å². The minimum Gasteiger partial charge on any atom is -0.125 e. The normalized spacial score (nSPS) is 11.4. The third kappa shape index (κ3) is 2.98. The number of hydrogen-bond acceptors (Lipinski definition) is 0. The Morgan fingerprint density at radius 3 is 1.89 bits per heavy atom. The highest BCUT2D eigenvalue weighted by atomic mass is 28.3. The Morgan fingerprint density at radius 2 is 1.50 bits per heavy atom. The second kappa shape index (κ2) is 6.12. The second-order valence-corrected chi connectivity index (χ2v) is 11.4. The van der Waals surface area contributed by atoms with Crippen molar-refractivity contribution in [2.75, 3.05) is 0 Å². The molecule has 0 unspecified atom stereocenters. The lowest BCUT2D eigenvalue weighted by molar-refractivity contribution is 0.838. The number of rotatable bonds is 3. The zero-order valence-electron chi connectivity index (χ0n) is 12.5. The molecule has 1 rings (SSSR count). The van der Waals surface area contributed by atoms with Crippen LogP contribution in [-0.2, 0) is 0 Å². The van der Waals surface area contributed by atoms with Crippen LogP contribution in [0.1, 0.15) is 47.1 Å². The number of hydrogen-bond donors (Lipinski definition) is 0. The quantitative estimate of drug-likeness (QED) is 0.535. The van der Waals surface area contributed by atoms with Crippen LogP contribution in [0.5, 0.6) is 0 Å². The smallest absolute Gasteiger partial charge is 0.125 e. The summed E-state index contributed by atoms with van der Waals surface area (Å²) in [5.41, 5.74) is 6.82. The first-order chi connectivity index (χ1) is 8.41. The van der Waals surface area contributed by atoms with Crippen molar-refractivity contribution < 1.29 is 0 Å². The molecule has 0 atom stereocenters. The van der Waals surface area contributed by atoms with E-state index in [1.807, 2.05) is 18.2 Å². The Kier molecular flexibility index (Phi) is 5.06. The zero-order valence-corrected chi connectivity index (χ0v) is 13.5. The average Bonchev–Trinajstić information content (AvgIpc) is 2.29. The van der Waals surface area contributed by atoms with Gasteiger partial charge in [0.25, 0.3) is 0 Å². The molecule has 18 heavy (non-hydrogen) atoms. The van der Waals surface area contributed by atoms with E-state index < -0.39 is 8.07 Å². The first-order valence-electron chi connectivity index (χ1n) is 6.82. The molecule has 0 saturated carbocycles. The van der Waals surface area contributed by atoms with Gasteiger partial charge in [0.1, 0.15) is 8.07 Å². The first kappa shape index (κ1) is 14.9. The standard InChI is InChI=1S/C17H24Si/c1-14(2)18(15(3)4,16(5)6)13-12-17-10-8-7-9-11-17/h8,10-11,14-16H,1-6H3. The van der Waals surface area contributed by atoms with Crippen LogP contribution in [0.3, 0.4) is 0 Å². The van der Waals surface area contributed by atoms with E-state index in [-0.39, 0.29) is 0 Å². The average molecular weight is 256 g/mol. The summed E-state index contributed by atoms with van der Waals surface area (Å²) in [6, 6.07) is 11.7. The van der Waals surface area contributed by atoms with Gasteiger partial charge in [0, 0.05) is 11.6 Å². The Balaban J connectivity index is 3.18. The van der Waals surface area contributed by atoms with Gasteiger partial charge >= 0.3 is 0 Å². The lowest BCUT2D eigenvalue weighted by Crippen LogP contribution is -2.43. The summed E-state index contributed by atoms with van der Waals surface area (Å²) in [7, 11) is -1.60. The summed E-state index contributed by atoms with van der Waals surface area (Å²) in [5.74, 6) is 3.39. The van der Waals surface area contributed by atoms with Crippen LogP contribution in [0, 0.1) is 23.6 Å². The van der Waals surface area contributed by atoms with Crippen LogP contribution in [-0.4, -0.2) is 8.07 Å². The Bertz CT molecular complexity index is 396. The molecule has 0 radical (unpaired) electrons. The Morgan fingerprint density at radius 1 is 0.944 bits per heavy atom. The highest BCUT2D eigenvalue weighted by molar-refractivity contribution is 6.90. The predicted octanol–water partition coefficient (Wildman–Crippen LogP) is 4.86. The van der Waals surface area contributed by atoms with Crippen molar-refractivity contribution in [3.8, 4) is 11.5 Å². The third-order valence-corrected chi connectivity index (χ3v) is 10.2. The van der Waals surface area contributed by atoms with Crippen molar-refractivity contribution in [2.45, 2.75) is 58.2 Å². The Labute approximate surface area is 114 Å². The maximum absolute atomic E-state index is 3.70. The molecular formula is C17H24Si. The molecule has 0 spiro atoms. The largest absolute Gasteiger partial charge is 0.146 e. The van der Waals surface area contributed by atoms with Gasteiger partial charge in [0.15, 0.2) is 0 Å². The van der Waals surface area contributed by atoms with E-state index >= 15 is 0 Å². The zero-order chi connectivity index (χ0) is 13.8. The van der Waals surface area contributed by atoms with Gasteiger partial charge in [-0.15, -0.1) is 5.54 Å². The monoisotopic (exact) mass is 256 g/mol. The van der Waals surface area contributed by atoms with Gasteiger partial charge in [-0.3, -0.25) is 0 Å². The molecule has 1 heteroatoms. The van der Waals surface area contributed by atoms with E-state index in [2.05, 4.69) is 65.1 Å². The van der Waals surface area contributed by atoms with Crippen LogP contribution in [0.25, 0.3) is 0 Å². The van der Waals surface area contributed by atoms with E-state index in [9.17, 15) is 0 Å². The molecule has 0 aliphatic heterocycles. The summed E-state index contributed by atoms with van der Waals surface area (Å²) in [5, 5.41) is 0. The van der Waals surface area contributed by atoms with Crippen LogP contribution >= 0.6 is 0 Å². The molecule has 0 aliphatic rings. The van der Waals surface area contributed by atoms with Crippen molar-refractivity contribution in [1.29, 1.82) is 0 Å². The molecule has 0 nitrogen and oxygen atoms in total. The molecule has 0 heterocycles. The first-order valence-corrected chi connectivity index (χ1v) is 9.05. The predicted molar refractivity (Wildman–Crippen MR) is 82.0 cm³/mol. The van der Waals surface area contributed by atoms with Gasteiger partial charge in [0.2, 0.25) is 0 Å². The fourth-order valence-corrected chi connectivity index (χ4v) is 8.27. The maximum atomic E-state index is 3.70. The van der Waals surface area contributed by atoms with E-state index in [1.165, 1.54) is 0 Å². The van der Waals surface area contributed by atoms with Gasteiger partial charge in [-0.25, -0.2) is 0 Å². The molecule has 1 aromatic rings. The van der Waals surface area contributed by atoms with E-state index in [4.69, 9.17) is 0 Å².